The molecule has 0 heterocycles. The van der Waals surface area contributed by atoms with Crippen molar-refractivity contribution in [1.82, 2.24) is 0 Å². The maximum atomic E-state index is 12.9. The Bertz CT molecular complexity index is 1640. The maximum absolute atomic E-state index is 12.9. The normalized spacial score (nSPS) is 12.9. The van der Waals surface area contributed by atoms with Crippen LogP contribution in [0.2, 0.25) is 0 Å². The lowest BCUT2D eigenvalue weighted by atomic mass is 10.0. The van der Waals surface area contributed by atoms with Crippen molar-refractivity contribution < 1.29 is 28.6 Å². The predicted octanol–water partition coefficient (Wildman–Crippen LogP) is 22.8. The van der Waals surface area contributed by atoms with Crippen LogP contribution in [0.4, 0.5) is 0 Å². The van der Waals surface area contributed by atoms with E-state index in [1.165, 1.54) is 122 Å². The van der Waals surface area contributed by atoms with Crippen molar-refractivity contribution in [1.29, 1.82) is 0 Å². The summed E-state index contributed by atoms with van der Waals surface area (Å²) in [5.41, 5.74) is 0. The summed E-state index contributed by atoms with van der Waals surface area (Å²) in [4.78, 5) is 38.4. The van der Waals surface area contributed by atoms with Crippen LogP contribution in [0.3, 0.4) is 0 Å². The second-order valence-electron chi connectivity index (χ2n) is 21.6. The summed E-state index contributed by atoms with van der Waals surface area (Å²) in [6.07, 6.45) is 92.1. The molecular formula is C73H122O6. The van der Waals surface area contributed by atoms with Crippen LogP contribution in [0, 0.1) is 0 Å². The third-order valence-electron chi connectivity index (χ3n) is 13.9. The van der Waals surface area contributed by atoms with Gasteiger partial charge in [-0.25, -0.2) is 0 Å². The molecule has 0 aromatic heterocycles. The molecule has 0 saturated carbocycles. The van der Waals surface area contributed by atoms with Gasteiger partial charge in [0.15, 0.2) is 6.10 Å². The van der Waals surface area contributed by atoms with Crippen LogP contribution in [0.1, 0.15) is 303 Å². The van der Waals surface area contributed by atoms with Gasteiger partial charge in [-0.2, -0.15) is 0 Å². The highest BCUT2D eigenvalue weighted by molar-refractivity contribution is 5.71. The molecule has 1 unspecified atom stereocenters. The van der Waals surface area contributed by atoms with E-state index >= 15 is 0 Å². The largest absolute Gasteiger partial charge is 0.462 e. The van der Waals surface area contributed by atoms with Crippen LogP contribution in [-0.4, -0.2) is 37.2 Å². The van der Waals surface area contributed by atoms with Gasteiger partial charge in [-0.3, -0.25) is 14.4 Å². The molecule has 0 aliphatic carbocycles. The number of allylic oxidation sites excluding steroid dienone is 20. The van der Waals surface area contributed by atoms with Crippen LogP contribution in [0.25, 0.3) is 0 Å². The molecule has 0 aromatic rings. The minimum absolute atomic E-state index is 0.0863. The van der Waals surface area contributed by atoms with Crippen LogP contribution < -0.4 is 0 Å². The van der Waals surface area contributed by atoms with Crippen molar-refractivity contribution in [2.45, 2.75) is 309 Å². The zero-order chi connectivity index (χ0) is 57.1. The number of carbonyl (C=O) groups is 3. The Morgan fingerprint density at radius 1 is 0.266 bits per heavy atom. The van der Waals surface area contributed by atoms with Gasteiger partial charge in [0.2, 0.25) is 0 Å². The molecule has 0 aromatic carbocycles. The van der Waals surface area contributed by atoms with E-state index < -0.39 is 6.10 Å². The summed E-state index contributed by atoms with van der Waals surface area (Å²) in [6.45, 7) is 6.36. The average molecular weight is 1100 g/mol. The molecular weight excluding hydrogens is 973 g/mol. The maximum Gasteiger partial charge on any atom is 0.306 e. The van der Waals surface area contributed by atoms with Crippen molar-refractivity contribution in [3.63, 3.8) is 0 Å². The molecule has 0 amide bonds. The third-order valence-corrected chi connectivity index (χ3v) is 13.9. The number of hydrogen-bond donors (Lipinski definition) is 0. The molecule has 0 bridgehead atoms. The minimum Gasteiger partial charge on any atom is -0.462 e. The van der Waals surface area contributed by atoms with E-state index in [4.69, 9.17) is 14.2 Å². The Morgan fingerprint density at radius 3 is 0.772 bits per heavy atom. The van der Waals surface area contributed by atoms with Gasteiger partial charge < -0.3 is 14.2 Å². The summed E-state index contributed by atoms with van der Waals surface area (Å²) >= 11 is 0. The Labute approximate surface area is 488 Å². The quantitative estimate of drug-likeness (QED) is 0.0261. The Morgan fingerprint density at radius 2 is 0.494 bits per heavy atom. The summed E-state index contributed by atoms with van der Waals surface area (Å²) in [5.74, 6) is -0.900. The van der Waals surface area contributed by atoms with Gasteiger partial charge in [-0.15, -0.1) is 0 Å². The Kier molecular flexibility index (Phi) is 62.8. The number of hydrogen-bond acceptors (Lipinski definition) is 6. The van der Waals surface area contributed by atoms with Gasteiger partial charge in [-0.1, -0.05) is 284 Å². The molecule has 0 radical (unpaired) electrons. The van der Waals surface area contributed by atoms with Crippen LogP contribution in [0.5, 0.6) is 0 Å². The fourth-order valence-corrected chi connectivity index (χ4v) is 9.05. The molecule has 0 aliphatic heterocycles. The van der Waals surface area contributed by atoms with Crippen LogP contribution in [0.15, 0.2) is 122 Å². The highest BCUT2D eigenvalue weighted by Gasteiger charge is 2.19. The van der Waals surface area contributed by atoms with E-state index in [1.807, 2.05) is 0 Å². The van der Waals surface area contributed by atoms with Gasteiger partial charge in [-0.05, 0) is 122 Å². The number of esters is 3. The average Bonchev–Trinajstić information content (AvgIpc) is 3.45. The molecule has 0 aliphatic rings. The number of carbonyl (C=O) groups excluding carboxylic acids is 3. The standard InChI is InChI=1S/C73H122O6/c1-4-7-10-13-16-19-22-25-27-29-31-33-35-36-38-39-41-43-45-48-51-54-57-60-63-66-72(75)78-69-70(68-77-71(74)65-62-59-56-53-50-47-24-21-18-15-12-9-6-3)79-73(76)67-64-61-58-55-52-49-46-44-42-40-37-34-32-30-28-26-23-20-17-14-11-8-5-2/h7-8,10-12,15-17,19-21,24-28,31-34,70H,4-6,9,13-14,18,22-23,29-30,35-69H2,1-3H3/b10-7-,11-8-,15-12-,19-16-,20-17-,24-21-,27-25-,28-26-,33-31-,34-32-. The lowest BCUT2D eigenvalue weighted by molar-refractivity contribution is -0.167. The van der Waals surface area contributed by atoms with E-state index in [0.29, 0.717) is 19.3 Å². The predicted molar refractivity (Wildman–Crippen MR) is 343 cm³/mol. The highest BCUT2D eigenvalue weighted by atomic mass is 16.6. The molecule has 6 nitrogen and oxygen atoms in total. The van der Waals surface area contributed by atoms with Crippen molar-refractivity contribution in [3.8, 4) is 0 Å². The molecule has 1 atom stereocenters. The minimum atomic E-state index is -0.791. The van der Waals surface area contributed by atoms with Gasteiger partial charge in [0.25, 0.3) is 0 Å². The zero-order valence-electron chi connectivity index (χ0n) is 51.6. The van der Waals surface area contributed by atoms with Gasteiger partial charge >= 0.3 is 17.9 Å². The lowest BCUT2D eigenvalue weighted by Gasteiger charge is -2.18. The van der Waals surface area contributed by atoms with Gasteiger partial charge in [0.1, 0.15) is 13.2 Å². The second kappa shape index (κ2) is 66.3. The topological polar surface area (TPSA) is 78.9 Å². The summed E-state index contributed by atoms with van der Waals surface area (Å²) in [5, 5.41) is 0. The first kappa shape index (κ1) is 74.8. The van der Waals surface area contributed by atoms with Crippen molar-refractivity contribution in [2.24, 2.45) is 0 Å². The van der Waals surface area contributed by atoms with Gasteiger partial charge in [0, 0.05) is 19.3 Å². The number of ether oxygens (including phenoxy) is 3. The first-order valence-electron chi connectivity index (χ1n) is 33.0. The smallest absolute Gasteiger partial charge is 0.306 e. The molecule has 0 N–H and O–H groups in total. The molecule has 0 fully saturated rings. The fourth-order valence-electron chi connectivity index (χ4n) is 9.05. The van der Waals surface area contributed by atoms with Crippen molar-refractivity contribution in [3.05, 3.63) is 122 Å². The SMILES string of the molecule is CC/C=C\C/C=C\C/C=C\C/C=C\CCCCCCCCCCCCCCC(=O)OCC(COC(=O)CCCCCCC/C=C\C/C=C\CCC)OC(=O)CCCCCCCCCCCC/C=C\C/C=C\C/C=C\C/C=C\CC. The number of rotatable bonds is 59. The lowest BCUT2D eigenvalue weighted by Crippen LogP contribution is -2.30. The van der Waals surface area contributed by atoms with E-state index in [-0.39, 0.29) is 31.1 Å². The van der Waals surface area contributed by atoms with Crippen LogP contribution >= 0.6 is 0 Å². The Hall–Kier alpha value is -4.19. The molecule has 79 heavy (non-hydrogen) atoms. The molecule has 0 spiro atoms. The highest BCUT2D eigenvalue weighted by Crippen LogP contribution is 2.16. The summed E-state index contributed by atoms with van der Waals surface area (Å²) in [6, 6.07) is 0. The third kappa shape index (κ3) is 64.5. The first-order chi connectivity index (χ1) is 39.0. The zero-order valence-corrected chi connectivity index (χ0v) is 51.6. The summed E-state index contributed by atoms with van der Waals surface area (Å²) < 4.78 is 16.9. The summed E-state index contributed by atoms with van der Waals surface area (Å²) in [7, 11) is 0. The van der Waals surface area contributed by atoms with E-state index in [1.54, 1.807) is 0 Å². The van der Waals surface area contributed by atoms with Crippen molar-refractivity contribution >= 4 is 17.9 Å². The molecule has 450 valence electrons. The molecule has 0 rings (SSSR count). The first-order valence-corrected chi connectivity index (χ1v) is 33.0. The fraction of sp³-hybridized carbons (Fsp3) is 0.685. The van der Waals surface area contributed by atoms with E-state index in [2.05, 4.69) is 142 Å². The number of unbranched alkanes of at least 4 members (excludes halogenated alkanes) is 28. The molecule has 0 saturated heterocycles. The van der Waals surface area contributed by atoms with Crippen molar-refractivity contribution in [2.75, 3.05) is 13.2 Å². The molecule has 6 heteroatoms. The van der Waals surface area contributed by atoms with E-state index in [0.717, 1.165) is 141 Å². The monoisotopic (exact) mass is 1090 g/mol. The van der Waals surface area contributed by atoms with Gasteiger partial charge in [0.05, 0.1) is 0 Å². The second-order valence-corrected chi connectivity index (χ2v) is 21.6. The van der Waals surface area contributed by atoms with E-state index in [9.17, 15) is 14.4 Å². The van der Waals surface area contributed by atoms with Crippen LogP contribution in [-0.2, 0) is 28.6 Å². The Balaban J connectivity index is 4.33.